The third kappa shape index (κ3) is 62.0. The topological polar surface area (TPSA) is 78.9 Å². The molecule has 0 aliphatic rings. The number of esters is 3. The molecule has 442 valence electrons. The smallest absolute Gasteiger partial charge is 0.306 e. The second-order valence-electron chi connectivity index (χ2n) is 22.4. The minimum atomic E-state index is -0.789. The number of hydrogen-bond donors (Lipinski definition) is 0. The van der Waals surface area contributed by atoms with Gasteiger partial charge >= 0.3 is 17.9 Å². The van der Waals surface area contributed by atoms with Crippen LogP contribution in [-0.2, 0) is 28.6 Å². The summed E-state index contributed by atoms with van der Waals surface area (Å²) in [4.78, 5) is 38.4. The van der Waals surface area contributed by atoms with Gasteiger partial charge in [-0.15, -0.1) is 0 Å². The number of rotatable bonds is 61. The van der Waals surface area contributed by atoms with E-state index >= 15 is 0 Å². The van der Waals surface area contributed by atoms with Crippen LogP contribution in [0.3, 0.4) is 0 Å². The van der Waals surface area contributed by atoms with E-state index in [1.807, 2.05) is 0 Å². The highest BCUT2D eigenvalue weighted by atomic mass is 16.6. The van der Waals surface area contributed by atoms with Gasteiger partial charge in [-0.25, -0.2) is 0 Å². The number of allylic oxidation sites excluding steroid dienone is 10. The van der Waals surface area contributed by atoms with E-state index in [9.17, 15) is 14.4 Å². The highest BCUT2D eigenvalue weighted by molar-refractivity contribution is 5.71. The van der Waals surface area contributed by atoms with Crippen LogP contribution >= 0.6 is 0 Å². The van der Waals surface area contributed by atoms with Crippen LogP contribution in [0.5, 0.6) is 0 Å². The van der Waals surface area contributed by atoms with Gasteiger partial charge in [-0.3, -0.25) is 14.4 Å². The Morgan fingerprint density at radius 3 is 0.816 bits per heavy atom. The second-order valence-corrected chi connectivity index (χ2v) is 22.4. The van der Waals surface area contributed by atoms with Crippen molar-refractivity contribution in [2.24, 2.45) is 0 Å². The summed E-state index contributed by atoms with van der Waals surface area (Å²) in [6.07, 6.45) is 82.4. The lowest BCUT2D eigenvalue weighted by Gasteiger charge is -2.18. The van der Waals surface area contributed by atoms with Gasteiger partial charge in [-0.1, -0.05) is 306 Å². The van der Waals surface area contributed by atoms with E-state index in [-0.39, 0.29) is 31.1 Å². The molecule has 1 unspecified atom stereocenters. The minimum Gasteiger partial charge on any atom is -0.462 e. The minimum absolute atomic E-state index is 0.0823. The van der Waals surface area contributed by atoms with Crippen LogP contribution in [-0.4, -0.2) is 37.2 Å². The molecule has 6 nitrogen and oxygen atoms in total. The summed E-state index contributed by atoms with van der Waals surface area (Å²) in [6.45, 7) is 6.56. The van der Waals surface area contributed by atoms with E-state index in [2.05, 4.69) is 81.5 Å². The summed E-state index contributed by atoms with van der Waals surface area (Å²) < 4.78 is 16.9. The highest BCUT2D eigenvalue weighted by Gasteiger charge is 2.19. The highest BCUT2D eigenvalue weighted by Crippen LogP contribution is 2.18. The third-order valence-electron chi connectivity index (χ3n) is 14.8. The Morgan fingerprint density at radius 2 is 0.513 bits per heavy atom. The summed E-state index contributed by atoms with van der Waals surface area (Å²) in [7, 11) is 0. The Hall–Kier alpha value is -2.89. The van der Waals surface area contributed by atoms with Gasteiger partial charge in [0.2, 0.25) is 0 Å². The van der Waals surface area contributed by atoms with E-state index in [0.717, 1.165) is 96.3 Å². The summed E-state index contributed by atoms with van der Waals surface area (Å²) in [5.41, 5.74) is 0. The maximum absolute atomic E-state index is 12.9. The van der Waals surface area contributed by atoms with E-state index in [4.69, 9.17) is 14.2 Å². The van der Waals surface area contributed by atoms with Gasteiger partial charge in [0.1, 0.15) is 13.2 Å². The monoisotopic (exact) mass is 1060 g/mol. The molecule has 6 heteroatoms. The van der Waals surface area contributed by atoms with Crippen LogP contribution < -0.4 is 0 Å². The van der Waals surface area contributed by atoms with Crippen LogP contribution in [0.2, 0.25) is 0 Å². The van der Waals surface area contributed by atoms with Crippen molar-refractivity contribution in [1.82, 2.24) is 0 Å². The molecule has 0 fully saturated rings. The van der Waals surface area contributed by atoms with Crippen molar-refractivity contribution in [3.05, 3.63) is 60.8 Å². The van der Waals surface area contributed by atoms with E-state index in [0.29, 0.717) is 19.3 Å². The molecule has 0 aliphatic heterocycles. The van der Waals surface area contributed by atoms with Crippen LogP contribution in [0.25, 0.3) is 0 Å². The average Bonchev–Trinajstić information content (AvgIpc) is 3.42. The van der Waals surface area contributed by atoms with Crippen molar-refractivity contribution in [2.45, 2.75) is 354 Å². The van der Waals surface area contributed by atoms with Gasteiger partial charge in [0, 0.05) is 19.3 Å². The molecule has 0 aromatic heterocycles. The quantitative estimate of drug-likeness (QED) is 0.0261. The van der Waals surface area contributed by atoms with E-state index < -0.39 is 6.10 Å². The molecule has 0 spiro atoms. The zero-order chi connectivity index (χ0) is 55.0. The van der Waals surface area contributed by atoms with Crippen LogP contribution in [0, 0.1) is 0 Å². The number of carbonyl (C=O) groups is 3. The van der Waals surface area contributed by atoms with Crippen molar-refractivity contribution in [1.29, 1.82) is 0 Å². The average molecular weight is 1060 g/mol. The molecule has 76 heavy (non-hydrogen) atoms. The molecular weight excluding hydrogens is 937 g/mol. The third-order valence-corrected chi connectivity index (χ3v) is 14.8. The fraction of sp³-hybridized carbons (Fsp3) is 0.814. The lowest BCUT2D eigenvalue weighted by atomic mass is 10.0. The zero-order valence-electron chi connectivity index (χ0n) is 50.8. The van der Waals surface area contributed by atoms with Crippen molar-refractivity contribution in [3.8, 4) is 0 Å². The van der Waals surface area contributed by atoms with E-state index in [1.165, 1.54) is 212 Å². The summed E-state index contributed by atoms with van der Waals surface area (Å²) in [5, 5.41) is 0. The number of hydrogen-bond acceptors (Lipinski definition) is 6. The molecule has 0 aromatic rings. The second kappa shape index (κ2) is 64.6. The predicted octanol–water partition coefficient (Wildman–Crippen LogP) is 22.7. The first-order valence-corrected chi connectivity index (χ1v) is 33.3. The molecular formula is C70H126O6. The first-order chi connectivity index (χ1) is 37.5. The van der Waals surface area contributed by atoms with Gasteiger partial charge in [0.15, 0.2) is 6.10 Å². The predicted molar refractivity (Wildman–Crippen MR) is 330 cm³/mol. The van der Waals surface area contributed by atoms with Gasteiger partial charge in [-0.2, -0.15) is 0 Å². The van der Waals surface area contributed by atoms with Gasteiger partial charge in [0.05, 0.1) is 0 Å². The van der Waals surface area contributed by atoms with Gasteiger partial charge < -0.3 is 14.2 Å². The standard InChI is InChI=1S/C70H126O6/c1-4-7-10-13-16-19-22-25-28-31-32-33-34-35-36-37-40-42-45-48-51-54-57-60-63-69(72)75-66-67(76-70(73)64-61-58-55-52-49-46-43-39-30-27-24-21-18-15-12-9-6-3)65-74-68(71)62-59-56-53-50-47-44-41-38-29-26-23-20-17-14-11-8-5-2/h9,12,18,21,26-27,29-30,43,46,67H,4-8,10-11,13-17,19-20,22-25,28,31-42,44-45,47-66H2,1-3H3/b12-9-,21-18-,29-26-,30-27-,46-43-. The van der Waals surface area contributed by atoms with Crippen LogP contribution in [0.1, 0.15) is 348 Å². The molecule has 1 atom stereocenters. The molecule has 0 saturated heterocycles. The zero-order valence-corrected chi connectivity index (χ0v) is 50.8. The molecule has 0 N–H and O–H groups in total. The molecule has 0 rings (SSSR count). The van der Waals surface area contributed by atoms with Gasteiger partial charge in [0.25, 0.3) is 0 Å². The molecule has 0 saturated carbocycles. The summed E-state index contributed by atoms with van der Waals surface area (Å²) >= 11 is 0. The van der Waals surface area contributed by atoms with Gasteiger partial charge in [-0.05, 0) is 83.5 Å². The SMILES string of the molecule is CC/C=C\C/C=C\C/C=C\C/C=C\CCCCCCC(=O)OC(COC(=O)CCCCCCCCC/C=C\CCCCCCCC)COC(=O)CCCCCCCCCCCCCCCCCCCCCCCCCC. The Balaban J connectivity index is 4.32. The number of ether oxygens (including phenoxy) is 3. The molecule has 0 aliphatic carbocycles. The maximum Gasteiger partial charge on any atom is 0.306 e. The van der Waals surface area contributed by atoms with Crippen molar-refractivity contribution < 1.29 is 28.6 Å². The molecule has 0 bridgehead atoms. The molecule has 0 radical (unpaired) electrons. The van der Waals surface area contributed by atoms with Crippen molar-refractivity contribution in [2.75, 3.05) is 13.2 Å². The lowest BCUT2D eigenvalue weighted by Crippen LogP contribution is -2.30. The Labute approximate surface area is 472 Å². The fourth-order valence-electron chi connectivity index (χ4n) is 9.79. The molecule has 0 amide bonds. The normalized spacial score (nSPS) is 12.4. The van der Waals surface area contributed by atoms with Crippen LogP contribution in [0.15, 0.2) is 60.8 Å². The number of unbranched alkanes of at least 4 members (excludes halogenated alkanes) is 40. The van der Waals surface area contributed by atoms with Crippen molar-refractivity contribution in [3.63, 3.8) is 0 Å². The number of carbonyl (C=O) groups excluding carboxylic acids is 3. The first kappa shape index (κ1) is 73.1. The maximum atomic E-state index is 12.9. The fourth-order valence-corrected chi connectivity index (χ4v) is 9.79. The summed E-state index contributed by atoms with van der Waals surface area (Å²) in [6, 6.07) is 0. The molecule has 0 heterocycles. The van der Waals surface area contributed by atoms with E-state index in [1.54, 1.807) is 0 Å². The van der Waals surface area contributed by atoms with Crippen LogP contribution in [0.4, 0.5) is 0 Å². The Morgan fingerprint density at radius 1 is 0.276 bits per heavy atom. The van der Waals surface area contributed by atoms with Crippen molar-refractivity contribution >= 4 is 17.9 Å². The Bertz CT molecular complexity index is 1360. The largest absolute Gasteiger partial charge is 0.462 e. The lowest BCUT2D eigenvalue weighted by molar-refractivity contribution is -0.167. The first-order valence-electron chi connectivity index (χ1n) is 33.3. The Kier molecular flexibility index (Phi) is 62.2. The molecule has 0 aromatic carbocycles. The summed E-state index contributed by atoms with van der Waals surface area (Å²) in [5.74, 6) is -0.891.